The molecule has 0 spiro atoms. The number of nitrogens with zero attached hydrogens (tertiary/aromatic N) is 1. The maximum Gasteiger partial charge on any atom is 0.234 e. The molecule has 1 aliphatic carbocycles. The predicted octanol–water partition coefficient (Wildman–Crippen LogP) is 5.51. The van der Waals surface area contributed by atoms with E-state index in [9.17, 15) is 4.79 Å². The van der Waals surface area contributed by atoms with Gasteiger partial charge in [0.15, 0.2) is 0 Å². The van der Waals surface area contributed by atoms with Gasteiger partial charge in [0.1, 0.15) is 5.75 Å². The van der Waals surface area contributed by atoms with E-state index >= 15 is 0 Å². The van der Waals surface area contributed by atoms with Crippen molar-refractivity contribution in [3.05, 3.63) is 58.7 Å². The molecule has 0 bridgehead atoms. The summed E-state index contributed by atoms with van der Waals surface area (Å²) in [5.74, 6) is 1.08. The molecule has 0 radical (unpaired) electrons. The van der Waals surface area contributed by atoms with E-state index in [1.165, 1.54) is 16.9 Å². The molecule has 2 aromatic carbocycles. The normalized spacial score (nSPS) is 13.2. The monoisotopic (exact) mass is 412 g/mol. The minimum atomic E-state index is -0.0290. The lowest BCUT2D eigenvalue weighted by Crippen LogP contribution is -2.15. The average molecular weight is 413 g/mol. The number of amides is 1. The summed E-state index contributed by atoms with van der Waals surface area (Å²) in [5.41, 5.74) is 4.12. The molecule has 0 unspecified atom stereocenters. The van der Waals surface area contributed by atoms with Crippen LogP contribution in [0.4, 0.5) is 5.69 Å². The number of halogens is 1. The van der Waals surface area contributed by atoms with Gasteiger partial charge in [0.2, 0.25) is 5.91 Å². The van der Waals surface area contributed by atoms with Crippen LogP contribution in [-0.2, 0) is 17.6 Å². The van der Waals surface area contributed by atoms with Crippen molar-refractivity contribution in [2.45, 2.75) is 30.6 Å². The summed E-state index contributed by atoms with van der Waals surface area (Å²) in [6.07, 6.45) is 4.33. The van der Waals surface area contributed by atoms with Gasteiger partial charge in [-0.3, -0.25) is 9.78 Å². The number of carbonyl (C=O) groups is 1. The van der Waals surface area contributed by atoms with Gasteiger partial charge in [0.05, 0.1) is 18.4 Å². The van der Waals surface area contributed by atoms with Crippen LogP contribution in [0.3, 0.4) is 0 Å². The number of anilines is 1. The predicted molar refractivity (Wildman–Crippen MR) is 116 cm³/mol. The van der Waals surface area contributed by atoms with Crippen molar-refractivity contribution in [3.63, 3.8) is 0 Å². The molecule has 4 rings (SSSR count). The van der Waals surface area contributed by atoms with Crippen molar-refractivity contribution >= 4 is 45.9 Å². The minimum Gasteiger partial charge on any atom is -0.497 e. The highest BCUT2D eigenvalue weighted by molar-refractivity contribution is 8.00. The number of methoxy groups -OCH3 is 1. The van der Waals surface area contributed by atoms with Crippen LogP contribution in [0.25, 0.3) is 10.9 Å². The highest BCUT2D eigenvalue weighted by Gasteiger charge is 2.19. The molecular formula is C22H21ClN2O2S. The van der Waals surface area contributed by atoms with Crippen LogP contribution in [0.15, 0.2) is 47.4 Å². The fourth-order valence-electron chi connectivity index (χ4n) is 3.53. The summed E-state index contributed by atoms with van der Waals surface area (Å²) < 4.78 is 5.15. The van der Waals surface area contributed by atoms with Gasteiger partial charge in [0.25, 0.3) is 0 Å². The number of rotatable bonds is 5. The summed E-state index contributed by atoms with van der Waals surface area (Å²) in [6, 6.07) is 13.2. The molecule has 0 atom stereocenters. The summed E-state index contributed by atoms with van der Waals surface area (Å²) in [5, 5.41) is 4.71. The van der Waals surface area contributed by atoms with Gasteiger partial charge in [-0.1, -0.05) is 17.7 Å². The molecule has 6 heteroatoms. The number of fused-ring (bicyclic) bond motifs is 2. The number of hydrogen-bond donors (Lipinski definition) is 1. The average Bonchev–Trinajstić information content (AvgIpc) is 2.71. The number of thioether (sulfide) groups is 1. The lowest BCUT2D eigenvalue weighted by Gasteiger charge is -2.20. The Labute approximate surface area is 173 Å². The Morgan fingerprint density at radius 1 is 1.18 bits per heavy atom. The number of aryl methyl sites for hydroxylation is 1. The molecule has 0 aliphatic heterocycles. The first kappa shape index (κ1) is 19.1. The number of nitrogens with one attached hydrogen (secondary N) is 1. The number of ether oxygens (including phenoxy) is 1. The number of carbonyl (C=O) groups excluding carboxylic acids is 1. The third kappa shape index (κ3) is 4.10. The molecule has 1 heterocycles. The van der Waals surface area contributed by atoms with Gasteiger partial charge in [-0.25, -0.2) is 0 Å². The first-order valence-electron chi connectivity index (χ1n) is 9.32. The second-order valence-corrected chi connectivity index (χ2v) is 8.22. The molecule has 28 heavy (non-hydrogen) atoms. The second kappa shape index (κ2) is 8.41. The van der Waals surface area contributed by atoms with Crippen LogP contribution in [0.2, 0.25) is 5.02 Å². The highest BCUT2D eigenvalue weighted by atomic mass is 35.5. The van der Waals surface area contributed by atoms with Crippen LogP contribution in [0.5, 0.6) is 5.75 Å². The Balaban J connectivity index is 1.55. The van der Waals surface area contributed by atoms with Gasteiger partial charge < -0.3 is 10.1 Å². The zero-order valence-corrected chi connectivity index (χ0v) is 17.2. The molecule has 1 N–H and O–H groups in total. The molecule has 4 nitrogen and oxygen atoms in total. The summed E-state index contributed by atoms with van der Waals surface area (Å²) in [4.78, 5) is 18.5. The van der Waals surface area contributed by atoms with Crippen molar-refractivity contribution in [3.8, 4) is 5.75 Å². The van der Waals surface area contributed by atoms with Crippen LogP contribution < -0.4 is 10.1 Å². The zero-order chi connectivity index (χ0) is 19.5. The molecule has 144 valence electrons. The number of pyridine rings is 1. The Hall–Kier alpha value is -2.24. The van der Waals surface area contributed by atoms with Crippen molar-refractivity contribution in [2.75, 3.05) is 18.2 Å². The Kier molecular flexibility index (Phi) is 5.74. The number of aromatic nitrogens is 1. The number of benzene rings is 2. The SMILES string of the molecule is COc1ccc(NC(=O)CSc2c3c(nc4cc(Cl)ccc24)CCCC3)cc1. The molecule has 0 saturated heterocycles. The van der Waals surface area contributed by atoms with E-state index in [4.69, 9.17) is 21.3 Å². The summed E-state index contributed by atoms with van der Waals surface area (Å²) in [7, 11) is 1.62. The van der Waals surface area contributed by atoms with E-state index in [0.29, 0.717) is 10.8 Å². The van der Waals surface area contributed by atoms with Gasteiger partial charge in [0, 0.05) is 26.7 Å². The smallest absolute Gasteiger partial charge is 0.234 e. The van der Waals surface area contributed by atoms with Gasteiger partial charge in [-0.2, -0.15) is 0 Å². The third-order valence-corrected chi connectivity index (χ3v) is 6.29. The van der Waals surface area contributed by atoms with Crippen LogP contribution in [0, 0.1) is 0 Å². The fraction of sp³-hybridized carbons (Fsp3) is 0.273. The van der Waals surface area contributed by atoms with Crippen LogP contribution in [-0.4, -0.2) is 23.8 Å². The summed E-state index contributed by atoms with van der Waals surface area (Å²) in [6.45, 7) is 0. The van der Waals surface area contributed by atoms with Crippen molar-refractivity contribution in [2.24, 2.45) is 0 Å². The zero-order valence-electron chi connectivity index (χ0n) is 15.6. The number of hydrogen-bond acceptors (Lipinski definition) is 4. The van der Waals surface area contributed by atoms with Crippen LogP contribution >= 0.6 is 23.4 Å². The first-order valence-corrected chi connectivity index (χ1v) is 10.7. The molecule has 1 aromatic heterocycles. The molecule has 3 aromatic rings. The second-order valence-electron chi connectivity index (χ2n) is 6.80. The molecule has 1 aliphatic rings. The largest absolute Gasteiger partial charge is 0.497 e. The lowest BCUT2D eigenvalue weighted by molar-refractivity contribution is -0.113. The van der Waals surface area contributed by atoms with E-state index in [1.54, 1.807) is 18.9 Å². The molecule has 0 saturated carbocycles. The van der Waals surface area contributed by atoms with E-state index in [0.717, 1.165) is 47.3 Å². The molecular weight excluding hydrogens is 392 g/mol. The van der Waals surface area contributed by atoms with E-state index in [2.05, 4.69) is 5.32 Å². The Morgan fingerprint density at radius 2 is 1.96 bits per heavy atom. The van der Waals surface area contributed by atoms with E-state index < -0.39 is 0 Å². The summed E-state index contributed by atoms with van der Waals surface area (Å²) >= 11 is 7.76. The Bertz CT molecular complexity index is 1020. The topological polar surface area (TPSA) is 51.2 Å². The van der Waals surface area contributed by atoms with Gasteiger partial charge in [-0.05, 0) is 67.6 Å². The maximum absolute atomic E-state index is 12.5. The maximum atomic E-state index is 12.5. The standard InChI is InChI=1S/C22H21ClN2O2S/c1-27-16-9-7-15(8-10-16)24-21(26)13-28-22-17-4-2-3-5-19(17)25-20-12-14(23)6-11-18(20)22/h6-12H,2-5,13H2,1H3,(H,24,26). The molecule has 1 amide bonds. The van der Waals surface area contributed by atoms with Gasteiger partial charge >= 0.3 is 0 Å². The van der Waals surface area contributed by atoms with Crippen LogP contribution in [0.1, 0.15) is 24.1 Å². The lowest BCUT2D eigenvalue weighted by atomic mass is 9.94. The highest BCUT2D eigenvalue weighted by Crippen LogP contribution is 2.36. The van der Waals surface area contributed by atoms with E-state index in [-0.39, 0.29) is 5.91 Å². The third-order valence-electron chi connectivity index (χ3n) is 4.89. The fourth-order valence-corrected chi connectivity index (χ4v) is 4.76. The quantitative estimate of drug-likeness (QED) is 0.561. The van der Waals surface area contributed by atoms with Gasteiger partial charge in [-0.15, -0.1) is 11.8 Å². The first-order chi connectivity index (χ1) is 13.6. The minimum absolute atomic E-state index is 0.0290. The van der Waals surface area contributed by atoms with Crippen molar-refractivity contribution < 1.29 is 9.53 Å². The van der Waals surface area contributed by atoms with Crippen molar-refractivity contribution in [1.29, 1.82) is 0 Å². The Morgan fingerprint density at radius 3 is 2.75 bits per heavy atom. The van der Waals surface area contributed by atoms with Crippen molar-refractivity contribution in [1.82, 2.24) is 4.98 Å². The molecule has 0 fully saturated rings. The van der Waals surface area contributed by atoms with E-state index in [1.807, 2.05) is 42.5 Å².